The van der Waals surface area contributed by atoms with Crippen molar-refractivity contribution in [1.82, 2.24) is 34.7 Å². The fraction of sp³-hybridized carbons (Fsp3) is 0.354. The lowest BCUT2D eigenvalue weighted by Gasteiger charge is -2.37. The zero-order valence-corrected chi connectivity index (χ0v) is 50.9. The van der Waals surface area contributed by atoms with Crippen LogP contribution in [0.5, 0.6) is 17.2 Å². The molecule has 468 valence electrons. The number of anilines is 3. The highest BCUT2D eigenvalue weighted by Crippen LogP contribution is 2.38. The Bertz CT molecular complexity index is 4000. The van der Waals surface area contributed by atoms with Crippen molar-refractivity contribution in [2.75, 3.05) is 87.7 Å². The highest BCUT2D eigenvalue weighted by Gasteiger charge is 2.40. The van der Waals surface area contributed by atoms with Gasteiger partial charge in [-0.15, -0.1) is 0 Å². The number of hydrogen-bond donors (Lipinski definition) is 5. The summed E-state index contributed by atoms with van der Waals surface area (Å²) in [6, 6.07) is 30.5. The predicted octanol–water partition coefficient (Wildman–Crippen LogP) is 8.74. The number of amides is 5. The lowest BCUT2D eigenvalue weighted by Crippen LogP contribution is -2.52. The largest absolute Gasteiger partial charge is 0.493 e. The van der Waals surface area contributed by atoms with Gasteiger partial charge in [0.1, 0.15) is 34.6 Å². The Balaban J connectivity index is 0.682. The van der Waals surface area contributed by atoms with E-state index in [-0.39, 0.29) is 72.4 Å². The van der Waals surface area contributed by atoms with Gasteiger partial charge in [-0.2, -0.15) is 0 Å². The molecule has 25 heteroatoms. The molecular formula is C65H68ClN11O12S. The Labute approximate surface area is 524 Å². The number of piperazine rings is 1. The number of ether oxygens (including phenoxy) is 3. The van der Waals surface area contributed by atoms with Crippen molar-refractivity contribution in [1.29, 1.82) is 0 Å². The third-order valence-electron chi connectivity index (χ3n) is 17.5. The average Bonchev–Trinajstić information content (AvgIpc) is 2.11. The van der Waals surface area contributed by atoms with Crippen molar-refractivity contribution < 1.29 is 51.5 Å². The Hall–Kier alpha value is -9.10. The number of fused-ring (bicyclic) bond motifs is 2. The van der Waals surface area contributed by atoms with E-state index in [2.05, 4.69) is 46.5 Å². The molecule has 0 saturated carbocycles. The first-order valence-corrected chi connectivity index (χ1v) is 32.2. The van der Waals surface area contributed by atoms with E-state index in [1.165, 1.54) is 29.3 Å². The fourth-order valence-electron chi connectivity index (χ4n) is 12.4. The molecular weight excluding hydrogens is 1190 g/mol. The van der Waals surface area contributed by atoms with Crippen LogP contribution in [0.3, 0.4) is 0 Å². The maximum Gasteiger partial charge on any atom is 0.293 e. The van der Waals surface area contributed by atoms with Gasteiger partial charge in [-0.05, 0) is 122 Å². The van der Waals surface area contributed by atoms with Crippen LogP contribution in [0.2, 0.25) is 5.02 Å². The third-order valence-corrected chi connectivity index (χ3v) is 19.1. The molecule has 4 fully saturated rings. The average molecular weight is 1260 g/mol. The van der Waals surface area contributed by atoms with Crippen LogP contribution in [0.25, 0.3) is 22.2 Å². The van der Waals surface area contributed by atoms with Crippen molar-refractivity contribution in [3.63, 3.8) is 0 Å². The van der Waals surface area contributed by atoms with E-state index in [4.69, 9.17) is 25.8 Å². The van der Waals surface area contributed by atoms with Crippen LogP contribution >= 0.6 is 11.6 Å². The van der Waals surface area contributed by atoms with Gasteiger partial charge in [-0.25, -0.2) is 18.1 Å². The van der Waals surface area contributed by atoms with Crippen LogP contribution in [0.4, 0.5) is 22.7 Å². The summed E-state index contributed by atoms with van der Waals surface area (Å²) in [6.07, 6.45) is 7.08. The van der Waals surface area contributed by atoms with Gasteiger partial charge < -0.3 is 44.5 Å². The molecule has 5 aliphatic rings. The quantitative estimate of drug-likeness (QED) is 0.0255. The van der Waals surface area contributed by atoms with Crippen LogP contribution in [-0.4, -0.2) is 146 Å². The minimum absolute atomic E-state index is 0.0315. The molecule has 1 unspecified atom stereocenters. The first-order chi connectivity index (χ1) is 43.6. The van der Waals surface area contributed by atoms with E-state index in [0.717, 1.165) is 76.5 Å². The molecule has 5 amide bonds. The number of sulfonamides is 1. The summed E-state index contributed by atoms with van der Waals surface area (Å²) in [7, 11) is -4.63. The van der Waals surface area contributed by atoms with Crippen molar-refractivity contribution >= 4 is 84.9 Å². The Morgan fingerprint density at radius 3 is 2.37 bits per heavy atom. The van der Waals surface area contributed by atoms with Crippen LogP contribution in [0.1, 0.15) is 76.8 Å². The number of aromatic nitrogens is 2. The van der Waals surface area contributed by atoms with Crippen molar-refractivity contribution in [2.24, 2.45) is 11.8 Å². The maximum atomic E-state index is 14.2. The van der Waals surface area contributed by atoms with Crippen molar-refractivity contribution in [3.8, 4) is 28.4 Å². The van der Waals surface area contributed by atoms with Crippen LogP contribution in [0.15, 0.2) is 126 Å². The molecule has 23 nitrogen and oxygen atoms in total. The smallest absolute Gasteiger partial charge is 0.293 e. The Morgan fingerprint density at radius 1 is 0.811 bits per heavy atom. The van der Waals surface area contributed by atoms with Gasteiger partial charge in [-0.1, -0.05) is 41.9 Å². The number of likely N-dealkylation sites (tertiary alicyclic amines) is 1. The summed E-state index contributed by atoms with van der Waals surface area (Å²) >= 11 is 6.37. The number of H-pyrrole nitrogens is 1. The van der Waals surface area contributed by atoms with Crippen LogP contribution < -0.4 is 35.0 Å². The van der Waals surface area contributed by atoms with E-state index >= 15 is 0 Å². The number of hydrogen-bond acceptors (Lipinski definition) is 17. The molecule has 0 bridgehead atoms. The van der Waals surface area contributed by atoms with Gasteiger partial charge in [-0.3, -0.25) is 44.3 Å². The lowest BCUT2D eigenvalue weighted by molar-refractivity contribution is -0.384. The molecule has 5 aliphatic heterocycles. The highest BCUT2D eigenvalue weighted by molar-refractivity contribution is 7.90. The van der Waals surface area contributed by atoms with Gasteiger partial charge in [0.2, 0.25) is 17.7 Å². The standard InChI is InChI=1S/C65H68ClN11O12S/c66-45-9-7-43(8-10-45)49-3-2-6-58(88-40-42-19-25-75(26-20-42)61(79)18-24-67-54-5-1-4-50-52(54)39-76(65(50)82)56-15-16-60(78)71-64(56)81)53(49)38-73-27-29-74(30-28-73)46-11-13-51(59(34-46)89-47-33-44-17-23-68-62(44)70-37-47)63(80)72-90(85,86)48-12-14-55(57(35-48)77(83)84)69-36-41-21-31-87-32-22-41/h1-14,17,23,33-35,37,41-42,56,67,69H,15-16,18-22,24-32,36,38-40H2,(H,68,70)(H,72,80)(H,71,78,81). The third kappa shape index (κ3) is 13.9. The Kier molecular flexibility index (Phi) is 18.3. The summed E-state index contributed by atoms with van der Waals surface area (Å²) in [6.45, 7) is 6.94. The normalized spacial score (nSPS) is 17.7. The second-order valence-corrected chi connectivity index (χ2v) is 25.4. The summed E-state index contributed by atoms with van der Waals surface area (Å²) in [5, 5.41) is 22.4. The van der Waals surface area contributed by atoms with Crippen molar-refractivity contribution in [2.45, 2.75) is 69.0 Å². The Morgan fingerprint density at radius 2 is 1.59 bits per heavy atom. The first-order valence-electron chi connectivity index (χ1n) is 30.3. The number of nitro benzene ring substituents is 1. The summed E-state index contributed by atoms with van der Waals surface area (Å²) in [5.74, 6) is -0.445. The molecule has 5 N–H and O–H groups in total. The molecule has 5 aromatic carbocycles. The SMILES string of the molecule is O=C1CCC(N2Cc3c(NCCC(=O)N4CCC(COc5cccc(-c6ccc(Cl)cc6)c5CN5CCN(c6ccc(C(=O)NS(=O)(=O)c7ccc(NCC8CCOCC8)c([N+](=O)[O-])c7)c(Oc7cnc8[nH]ccc8c7)c6)CC5)CC4)cccc3C2=O)C(=O)N1. The molecule has 0 aliphatic carbocycles. The molecule has 0 radical (unpaired) electrons. The van der Waals surface area contributed by atoms with Gasteiger partial charge >= 0.3 is 0 Å². The number of nitro groups is 1. The van der Waals surface area contributed by atoms with E-state index < -0.39 is 43.4 Å². The lowest BCUT2D eigenvalue weighted by atomic mass is 9.96. The van der Waals surface area contributed by atoms with Gasteiger partial charge in [0.25, 0.3) is 27.5 Å². The zero-order chi connectivity index (χ0) is 62.5. The summed E-state index contributed by atoms with van der Waals surface area (Å²) in [4.78, 5) is 92.0. The number of halogens is 1. The summed E-state index contributed by atoms with van der Waals surface area (Å²) in [5.41, 5.74) is 6.01. The number of pyridine rings is 1. The monoisotopic (exact) mass is 1260 g/mol. The van der Waals surface area contributed by atoms with E-state index in [1.807, 2.05) is 53.4 Å². The predicted molar refractivity (Wildman–Crippen MR) is 337 cm³/mol. The number of aromatic amines is 1. The number of nitrogens with zero attached hydrogens (tertiary/aromatic N) is 6. The molecule has 7 aromatic rings. The summed E-state index contributed by atoms with van der Waals surface area (Å²) < 4.78 is 48.4. The number of carbonyl (C=O) groups is 5. The molecule has 0 spiro atoms. The van der Waals surface area contributed by atoms with Gasteiger partial charge in [0, 0.05) is 148 Å². The number of benzene rings is 5. The maximum absolute atomic E-state index is 14.2. The van der Waals surface area contributed by atoms with Crippen LogP contribution in [-0.2, 0) is 42.2 Å². The molecule has 90 heavy (non-hydrogen) atoms. The van der Waals surface area contributed by atoms with Gasteiger partial charge in [0.05, 0.1) is 28.2 Å². The minimum atomic E-state index is -4.63. The zero-order valence-electron chi connectivity index (χ0n) is 49.3. The molecule has 2 aromatic heterocycles. The van der Waals surface area contributed by atoms with E-state index in [1.54, 1.807) is 36.5 Å². The van der Waals surface area contributed by atoms with Gasteiger partial charge in [0.15, 0.2) is 0 Å². The molecule has 1 atom stereocenters. The topological polar surface area (TPSA) is 280 Å². The minimum Gasteiger partial charge on any atom is -0.493 e. The number of nitrogens with one attached hydrogen (secondary N) is 5. The number of carbonyl (C=O) groups excluding carboxylic acids is 5. The van der Waals surface area contributed by atoms with E-state index in [0.29, 0.717) is 101 Å². The fourth-order valence-corrected chi connectivity index (χ4v) is 13.5. The van der Waals surface area contributed by atoms with Crippen LogP contribution in [0, 0.1) is 22.0 Å². The molecule has 4 saturated heterocycles. The number of rotatable bonds is 21. The number of piperidine rings is 2. The number of imide groups is 1. The molecule has 12 rings (SSSR count). The van der Waals surface area contributed by atoms with E-state index in [9.17, 15) is 42.5 Å². The second-order valence-electron chi connectivity index (χ2n) is 23.3. The highest BCUT2D eigenvalue weighted by atomic mass is 35.5. The first kappa shape index (κ1) is 61.2. The molecule has 7 heterocycles. The van der Waals surface area contributed by atoms with Crippen molar-refractivity contribution in [3.05, 3.63) is 159 Å². The second kappa shape index (κ2) is 26.9.